The summed E-state index contributed by atoms with van der Waals surface area (Å²) in [4.78, 5) is 31.3. The topological polar surface area (TPSA) is 75.4 Å². The summed E-state index contributed by atoms with van der Waals surface area (Å²) >= 11 is 0. The number of hydrogen-bond donors (Lipinski definition) is 1. The Labute approximate surface area is 184 Å². The second kappa shape index (κ2) is 9.43. The van der Waals surface area contributed by atoms with Crippen LogP contribution in [0.2, 0.25) is 0 Å². The Balaban J connectivity index is 1.63. The Morgan fingerprint density at radius 2 is 1.84 bits per heavy atom. The molecule has 162 valence electrons. The SMILES string of the molecule is O=C(/C=C/c1ccccc1)C1=C(O)C(=O)N(CCCn2ccnc2)C1c1ccccc1F. The van der Waals surface area contributed by atoms with Crippen LogP contribution >= 0.6 is 0 Å². The van der Waals surface area contributed by atoms with Crippen LogP contribution in [-0.2, 0) is 16.1 Å². The molecule has 2 heterocycles. The van der Waals surface area contributed by atoms with Gasteiger partial charge >= 0.3 is 0 Å². The molecule has 3 aromatic rings. The number of rotatable bonds is 8. The van der Waals surface area contributed by atoms with Gasteiger partial charge in [0, 0.05) is 31.0 Å². The first-order valence-electron chi connectivity index (χ1n) is 10.3. The number of ketones is 1. The van der Waals surface area contributed by atoms with Gasteiger partial charge in [-0.1, -0.05) is 54.6 Å². The summed E-state index contributed by atoms with van der Waals surface area (Å²) in [5, 5.41) is 10.6. The number of benzene rings is 2. The maximum absolute atomic E-state index is 14.7. The molecule has 2 aromatic carbocycles. The molecule has 4 rings (SSSR count). The van der Waals surface area contributed by atoms with E-state index in [0.29, 0.717) is 13.0 Å². The summed E-state index contributed by atoms with van der Waals surface area (Å²) in [6.45, 7) is 0.824. The fourth-order valence-electron chi connectivity index (χ4n) is 3.82. The number of aliphatic hydroxyl groups is 1. The highest BCUT2D eigenvalue weighted by molar-refractivity contribution is 6.14. The van der Waals surface area contributed by atoms with Crippen LogP contribution in [0.1, 0.15) is 23.6 Å². The van der Waals surface area contributed by atoms with Crippen LogP contribution in [0.15, 0.2) is 90.7 Å². The van der Waals surface area contributed by atoms with Crippen molar-refractivity contribution >= 4 is 17.8 Å². The number of nitrogens with zero attached hydrogens (tertiary/aromatic N) is 3. The van der Waals surface area contributed by atoms with E-state index in [9.17, 15) is 19.1 Å². The zero-order chi connectivity index (χ0) is 22.5. The summed E-state index contributed by atoms with van der Waals surface area (Å²) in [5.41, 5.74) is 0.851. The van der Waals surface area contributed by atoms with Crippen LogP contribution in [0, 0.1) is 5.82 Å². The molecule has 1 amide bonds. The van der Waals surface area contributed by atoms with E-state index in [2.05, 4.69) is 4.98 Å². The molecular formula is C25H22FN3O3. The molecule has 1 unspecified atom stereocenters. The molecule has 1 atom stereocenters. The van der Waals surface area contributed by atoms with E-state index in [1.54, 1.807) is 36.9 Å². The smallest absolute Gasteiger partial charge is 0.290 e. The van der Waals surface area contributed by atoms with Crippen LogP contribution in [0.3, 0.4) is 0 Å². The lowest BCUT2D eigenvalue weighted by atomic mass is 9.95. The molecule has 1 aliphatic heterocycles. The van der Waals surface area contributed by atoms with Gasteiger partial charge in [0.25, 0.3) is 5.91 Å². The number of aryl methyl sites for hydroxylation is 1. The van der Waals surface area contributed by atoms with Crippen molar-refractivity contribution in [3.05, 3.63) is 108 Å². The molecule has 0 radical (unpaired) electrons. The summed E-state index contributed by atoms with van der Waals surface area (Å²) in [5.74, 6) is -2.40. The number of allylic oxidation sites excluding steroid dienone is 1. The summed E-state index contributed by atoms with van der Waals surface area (Å²) in [7, 11) is 0. The first kappa shape index (κ1) is 21.2. The van der Waals surface area contributed by atoms with Gasteiger partial charge in [0.2, 0.25) is 0 Å². The van der Waals surface area contributed by atoms with Crippen molar-refractivity contribution in [1.82, 2.24) is 14.5 Å². The minimum atomic E-state index is -1.00. The molecule has 0 saturated heterocycles. The third-order valence-electron chi connectivity index (χ3n) is 5.37. The van der Waals surface area contributed by atoms with Crippen LogP contribution in [0.4, 0.5) is 4.39 Å². The third kappa shape index (κ3) is 4.37. The van der Waals surface area contributed by atoms with Crippen LogP contribution < -0.4 is 0 Å². The van der Waals surface area contributed by atoms with Gasteiger partial charge in [0.05, 0.1) is 17.9 Å². The average Bonchev–Trinajstić information content (AvgIpc) is 3.41. The number of halogens is 1. The van der Waals surface area contributed by atoms with Gasteiger partial charge in [-0.15, -0.1) is 0 Å². The third-order valence-corrected chi connectivity index (χ3v) is 5.37. The standard InChI is InChI=1S/C25H22FN3O3/c26-20-10-5-4-9-19(20)23-22(21(30)12-11-18-7-2-1-3-8-18)24(31)25(32)29(23)15-6-14-28-16-13-27-17-28/h1-5,7-13,16-17,23,31H,6,14-15H2/b12-11+. The zero-order valence-corrected chi connectivity index (χ0v) is 17.3. The van der Waals surface area contributed by atoms with Gasteiger partial charge in [0.15, 0.2) is 11.5 Å². The lowest BCUT2D eigenvalue weighted by Gasteiger charge is -2.27. The van der Waals surface area contributed by atoms with E-state index in [1.165, 1.54) is 23.1 Å². The highest BCUT2D eigenvalue weighted by Crippen LogP contribution is 2.39. The first-order valence-corrected chi connectivity index (χ1v) is 10.3. The number of amides is 1. The highest BCUT2D eigenvalue weighted by Gasteiger charge is 2.43. The van der Waals surface area contributed by atoms with E-state index in [-0.39, 0.29) is 17.7 Å². The first-order chi connectivity index (χ1) is 15.6. The maximum Gasteiger partial charge on any atom is 0.290 e. The lowest BCUT2D eigenvalue weighted by molar-refractivity contribution is -0.129. The Morgan fingerprint density at radius 3 is 2.56 bits per heavy atom. The highest BCUT2D eigenvalue weighted by atomic mass is 19.1. The second-order valence-corrected chi connectivity index (χ2v) is 7.45. The predicted octanol–water partition coefficient (Wildman–Crippen LogP) is 4.09. The van der Waals surface area contributed by atoms with Gasteiger partial charge in [-0.25, -0.2) is 9.37 Å². The van der Waals surface area contributed by atoms with E-state index >= 15 is 0 Å². The van der Waals surface area contributed by atoms with Crippen molar-refractivity contribution in [3.8, 4) is 0 Å². The monoisotopic (exact) mass is 431 g/mol. The predicted molar refractivity (Wildman–Crippen MR) is 118 cm³/mol. The molecule has 1 N–H and O–H groups in total. The second-order valence-electron chi connectivity index (χ2n) is 7.45. The summed E-state index contributed by atoms with van der Waals surface area (Å²) in [6, 6.07) is 14.2. The molecule has 0 saturated carbocycles. The summed E-state index contributed by atoms with van der Waals surface area (Å²) in [6.07, 6.45) is 8.58. The zero-order valence-electron chi connectivity index (χ0n) is 17.3. The van der Waals surface area contributed by atoms with Crippen molar-refractivity contribution in [3.63, 3.8) is 0 Å². The molecule has 0 aliphatic carbocycles. The van der Waals surface area contributed by atoms with Crippen molar-refractivity contribution in [2.75, 3.05) is 6.54 Å². The fourth-order valence-corrected chi connectivity index (χ4v) is 3.82. The minimum absolute atomic E-state index is 0.116. The fraction of sp³-hybridized carbons (Fsp3) is 0.160. The lowest BCUT2D eigenvalue weighted by Crippen LogP contribution is -2.33. The van der Waals surface area contributed by atoms with Crippen LogP contribution in [0.5, 0.6) is 0 Å². The number of aromatic nitrogens is 2. The number of aliphatic hydroxyl groups excluding tert-OH is 1. The van der Waals surface area contributed by atoms with Crippen LogP contribution in [-0.4, -0.2) is 37.8 Å². The Bertz CT molecular complexity index is 1170. The molecule has 0 spiro atoms. The maximum atomic E-state index is 14.7. The molecule has 7 heteroatoms. The number of carbonyl (C=O) groups is 2. The van der Waals surface area contributed by atoms with Crippen molar-refractivity contribution < 1.29 is 19.1 Å². The molecular weight excluding hydrogens is 409 g/mol. The number of hydrogen-bond acceptors (Lipinski definition) is 4. The van der Waals surface area contributed by atoms with Crippen LogP contribution in [0.25, 0.3) is 6.08 Å². The molecule has 6 nitrogen and oxygen atoms in total. The van der Waals surface area contributed by atoms with E-state index < -0.39 is 29.3 Å². The van der Waals surface area contributed by atoms with E-state index in [0.717, 1.165) is 5.56 Å². The molecule has 1 aromatic heterocycles. The molecule has 0 bridgehead atoms. The quantitative estimate of drug-likeness (QED) is 0.545. The van der Waals surface area contributed by atoms with Crippen molar-refractivity contribution in [2.45, 2.75) is 19.0 Å². The minimum Gasteiger partial charge on any atom is -0.503 e. The van der Waals surface area contributed by atoms with Gasteiger partial charge in [0.1, 0.15) is 5.82 Å². The van der Waals surface area contributed by atoms with Crippen molar-refractivity contribution in [1.29, 1.82) is 0 Å². The summed E-state index contributed by atoms with van der Waals surface area (Å²) < 4.78 is 16.6. The normalized spacial score (nSPS) is 16.3. The molecule has 1 aliphatic rings. The Hall–Kier alpha value is -4.00. The number of imidazole rings is 1. The van der Waals surface area contributed by atoms with Gasteiger partial charge in [-0.3, -0.25) is 9.59 Å². The molecule has 32 heavy (non-hydrogen) atoms. The van der Waals surface area contributed by atoms with Gasteiger partial charge < -0.3 is 14.6 Å². The van der Waals surface area contributed by atoms with E-state index in [4.69, 9.17) is 0 Å². The Kier molecular flexibility index (Phi) is 6.26. The van der Waals surface area contributed by atoms with Gasteiger partial charge in [-0.05, 0) is 24.1 Å². The van der Waals surface area contributed by atoms with E-state index in [1.807, 2.05) is 34.9 Å². The molecule has 0 fully saturated rings. The van der Waals surface area contributed by atoms with Gasteiger partial charge in [-0.2, -0.15) is 0 Å². The van der Waals surface area contributed by atoms with Crippen molar-refractivity contribution in [2.24, 2.45) is 0 Å². The average molecular weight is 431 g/mol. The largest absolute Gasteiger partial charge is 0.503 e. The Morgan fingerprint density at radius 1 is 1.09 bits per heavy atom. The number of carbonyl (C=O) groups excluding carboxylic acids is 2.